The second-order valence-electron chi connectivity index (χ2n) is 4.85. The number of hydrogen-bond donors (Lipinski definition) is 2. The highest BCUT2D eigenvalue weighted by Crippen LogP contribution is 2.37. The molecular formula is C12H14N2O7. The van der Waals surface area contributed by atoms with Gasteiger partial charge in [0, 0.05) is 24.2 Å². The molecule has 0 amide bonds. The van der Waals surface area contributed by atoms with Crippen LogP contribution in [0.4, 0.5) is 11.4 Å². The Labute approximate surface area is 119 Å². The summed E-state index contributed by atoms with van der Waals surface area (Å²) in [6.45, 7) is 0.415. The Morgan fingerprint density at radius 1 is 1.29 bits per heavy atom. The average Bonchev–Trinajstić information content (AvgIpc) is 2.42. The minimum atomic E-state index is -1.04. The van der Waals surface area contributed by atoms with E-state index in [0.29, 0.717) is 25.5 Å². The molecule has 2 atom stereocenters. The minimum absolute atomic E-state index is 0.0606. The van der Waals surface area contributed by atoms with Gasteiger partial charge in [-0.3, -0.25) is 20.2 Å². The van der Waals surface area contributed by atoms with Crippen LogP contribution in [0.15, 0.2) is 12.1 Å². The van der Waals surface area contributed by atoms with E-state index < -0.39 is 33.3 Å². The van der Waals surface area contributed by atoms with Crippen LogP contribution in [0.2, 0.25) is 0 Å². The third-order valence-electron chi connectivity index (χ3n) is 3.45. The van der Waals surface area contributed by atoms with Gasteiger partial charge in [0.25, 0.3) is 5.69 Å². The van der Waals surface area contributed by atoms with Gasteiger partial charge < -0.3 is 14.9 Å². The fraction of sp³-hybridized carbons (Fsp3) is 0.500. The Kier molecular flexibility index (Phi) is 4.34. The molecule has 9 heteroatoms. The first kappa shape index (κ1) is 15.1. The van der Waals surface area contributed by atoms with E-state index in [0.717, 1.165) is 6.07 Å². The van der Waals surface area contributed by atoms with Gasteiger partial charge in [-0.15, -0.1) is 0 Å². The third-order valence-corrected chi connectivity index (χ3v) is 3.45. The maximum Gasteiger partial charge on any atom is 0.317 e. The number of aliphatic hydroxyl groups excluding tert-OH is 1. The molecule has 2 N–H and O–H groups in total. The summed E-state index contributed by atoms with van der Waals surface area (Å²) >= 11 is 0. The predicted molar refractivity (Wildman–Crippen MR) is 69.8 cm³/mol. The first-order valence-electron chi connectivity index (χ1n) is 6.34. The molecule has 1 aromatic carbocycles. The van der Waals surface area contributed by atoms with Crippen LogP contribution in [0.25, 0.3) is 0 Å². The molecule has 0 aromatic heterocycles. The average molecular weight is 298 g/mol. The second-order valence-corrected chi connectivity index (χ2v) is 4.85. The zero-order valence-corrected chi connectivity index (χ0v) is 11.0. The summed E-state index contributed by atoms with van der Waals surface area (Å²) in [5.74, 6) is -0.977. The van der Waals surface area contributed by atoms with Gasteiger partial charge in [0.1, 0.15) is 0 Å². The van der Waals surface area contributed by atoms with Gasteiger partial charge in [-0.1, -0.05) is 0 Å². The summed E-state index contributed by atoms with van der Waals surface area (Å²) in [6, 6.07) is 1.80. The van der Waals surface area contributed by atoms with E-state index >= 15 is 0 Å². The van der Waals surface area contributed by atoms with Crippen LogP contribution < -0.4 is 0 Å². The van der Waals surface area contributed by atoms with Crippen molar-refractivity contribution in [1.82, 2.24) is 0 Å². The molecule has 1 aliphatic heterocycles. The fourth-order valence-electron chi connectivity index (χ4n) is 2.38. The summed E-state index contributed by atoms with van der Waals surface area (Å²) in [5.41, 5.74) is -1.13. The summed E-state index contributed by atoms with van der Waals surface area (Å²) in [5, 5.41) is 41.3. The first-order chi connectivity index (χ1) is 9.90. The van der Waals surface area contributed by atoms with Crippen molar-refractivity contribution in [3.63, 3.8) is 0 Å². The number of aliphatic hydroxyl groups is 1. The van der Waals surface area contributed by atoms with Gasteiger partial charge in [0.05, 0.1) is 15.9 Å². The van der Waals surface area contributed by atoms with Gasteiger partial charge in [-0.25, -0.2) is 0 Å². The van der Waals surface area contributed by atoms with Gasteiger partial charge in [0.2, 0.25) is 0 Å². The third kappa shape index (κ3) is 3.26. The maximum absolute atomic E-state index is 10.9. The topological polar surface area (TPSA) is 136 Å². The molecule has 1 fully saturated rings. The molecule has 21 heavy (non-hydrogen) atoms. The van der Waals surface area contributed by atoms with E-state index in [1.54, 1.807) is 0 Å². The highest BCUT2D eigenvalue weighted by molar-refractivity contribution is 5.57. The van der Waals surface area contributed by atoms with E-state index in [1.165, 1.54) is 0 Å². The first-order valence-corrected chi connectivity index (χ1v) is 6.34. The molecular weight excluding hydrogens is 284 g/mol. The fourth-order valence-corrected chi connectivity index (χ4v) is 2.38. The molecule has 0 saturated carbocycles. The smallest absolute Gasteiger partial charge is 0.317 e. The van der Waals surface area contributed by atoms with Crippen LogP contribution >= 0.6 is 0 Å². The largest absolute Gasteiger partial charge is 0.502 e. The molecule has 1 aromatic rings. The summed E-state index contributed by atoms with van der Waals surface area (Å²) in [4.78, 5) is 20.0. The summed E-state index contributed by atoms with van der Waals surface area (Å²) < 4.78 is 5.06. The molecule has 0 aliphatic carbocycles. The Morgan fingerprint density at radius 2 is 2.00 bits per heavy atom. The van der Waals surface area contributed by atoms with E-state index in [2.05, 4.69) is 0 Å². The lowest BCUT2D eigenvalue weighted by Gasteiger charge is -2.27. The zero-order valence-electron chi connectivity index (χ0n) is 11.0. The number of nitro groups is 2. The van der Waals surface area contributed by atoms with E-state index in [4.69, 9.17) is 4.74 Å². The maximum atomic E-state index is 10.9. The highest BCUT2D eigenvalue weighted by Gasteiger charge is 2.29. The molecule has 1 saturated heterocycles. The molecule has 1 aliphatic rings. The van der Waals surface area contributed by atoms with Crippen molar-refractivity contribution in [3.8, 4) is 5.75 Å². The van der Waals surface area contributed by atoms with Gasteiger partial charge >= 0.3 is 5.69 Å². The monoisotopic (exact) mass is 298 g/mol. The van der Waals surface area contributed by atoms with E-state index in [9.17, 15) is 30.4 Å². The number of aromatic hydroxyl groups is 1. The second kappa shape index (κ2) is 6.02. The number of ether oxygens (including phenoxy) is 1. The number of hydrogen-bond acceptors (Lipinski definition) is 7. The molecule has 1 heterocycles. The SMILES string of the molecule is O=[N+]([O-])c1cc(CC2CCCOC2O)c(O)c([N+](=O)[O-])c1. The Morgan fingerprint density at radius 3 is 2.57 bits per heavy atom. The summed E-state index contributed by atoms with van der Waals surface area (Å²) in [6.07, 6.45) is 0.336. The summed E-state index contributed by atoms with van der Waals surface area (Å²) in [7, 11) is 0. The quantitative estimate of drug-likeness (QED) is 0.634. The van der Waals surface area contributed by atoms with Gasteiger partial charge in [0.15, 0.2) is 12.0 Å². The van der Waals surface area contributed by atoms with Crippen molar-refractivity contribution in [3.05, 3.63) is 37.9 Å². The molecule has 2 unspecified atom stereocenters. The molecule has 2 rings (SSSR count). The van der Waals surface area contributed by atoms with Crippen molar-refractivity contribution in [2.45, 2.75) is 25.6 Å². The Balaban J connectivity index is 2.37. The number of benzene rings is 1. The Hall–Kier alpha value is -2.26. The number of phenolic OH excluding ortho intramolecular Hbond substituents is 1. The van der Waals surface area contributed by atoms with Crippen LogP contribution in [0.3, 0.4) is 0 Å². The van der Waals surface area contributed by atoms with Crippen LogP contribution in [-0.4, -0.2) is 33.0 Å². The van der Waals surface area contributed by atoms with Crippen LogP contribution in [-0.2, 0) is 11.2 Å². The van der Waals surface area contributed by atoms with Crippen molar-refractivity contribution in [1.29, 1.82) is 0 Å². The van der Waals surface area contributed by atoms with Crippen LogP contribution in [0.1, 0.15) is 18.4 Å². The zero-order chi connectivity index (χ0) is 15.6. The van der Waals surface area contributed by atoms with Crippen molar-refractivity contribution >= 4 is 11.4 Å². The molecule has 0 spiro atoms. The van der Waals surface area contributed by atoms with Crippen molar-refractivity contribution in [2.75, 3.05) is 6.61 Å². The van der Waals surface area contributed by atoms with E-state index in [-0.39, 0.29) is 17.9 Å². The molecule has 114 valence electrons. The van der Waals surface area contributed by atoms with Gasteiger partial charge in [-0.05, 0) is 19.3 Å². The Bertz CT molecular complexity index is 575. The molecule has 0 bridgehead atoms. The molecule has 9 nitrogen and oxygen atoms in total. The van der Waals surface area contributed by atoms with Crippen LogP contribution in [0.5, 0.6) is 5.75 Å². The van der Waals surface area contributed by atoms with E-state index in [1.807, 2.05) is 0 Å². The van der Waals surface area contributed by atoms with Crippen molar-refractivity contribution < 1.29 is 24.8 Å². The van der Waals surface area contributed by atoms with Gasteiger partial charge in [-0.2, -0.15) is 0 Å². The lowest BCUT2D eigenvalue weighted by atomic mass is 9.92. The lowest BCUT2D eigenvalue weighted by Crippen LogP contribution is -2.30. The number of rotatable bonds is 4. The number of nitrogens with zero attached hydrogens (tertiary/aromatic N) is 2. The number of nitro benzene ring substituents is 2. The predicted octanol–water partition coefficient (Wildman–Crippen LogP) is 1.50. The number of non-ortho nitro benzene ring substituents is 1. The molecule has 0 radical (unpaired) electrons. The lowest BCUT2D eigenvalue weighted by molar-refractivity contribution is -0.394. The highest BCUT2D eigenvalue weighted by atomic mass is 16.6. The number of phenols is 1. The standard InChI is InChI=1S/C12H14N2O7/c15-11-8(4-7-2-1-3-21-12(7)16)5-9(13(17)18)6-10(11)14(19)20/h5-7,12,15-16H,1-4H2. The normalized spacial score (nSPS) is 22.0. The van der Waals surface area contributed by atoms with Crippen LogP contribution in [0, 0.1) is 26.1 Å². The minimum Gasteiger partial charge on any atom is -0.502 e. The van der Waals surface area contributed by atoms with Crippen molar-refractivity contribution in [2.24, 2.45) is 5.92 Å².